The first-order valence-electron chi connectivity index (χ1n) is 13.4. The number of carbonyl (C=O) groups is 1. The van der Waals surface area contributed by atoms with Gasteiger partial charge in [0.05, 0.1) is 6.04 Å². The summed E-state index contributed by atoms with van der Waals surface area (Å²) in [6.07, 6.45) is 2.34. The van der Waals surface area contributed by atoms with E-state index >= 15 is 0 Å². The van der Waals surface area contributed by atoms with Crippen molar-refractivity contribution in [2.75, 3.05) is 6.54 Å². The molecule has 34 heavy (non-hydrogen) atoms. The molecule has 0 aliphatic heterocycles. The fourth-order valence-electron chi connectivity index (χ4n) is 5.53. The fraction of sp³-hybridized carbons (Fsp3) is 0.700. The van der Waals surface area contributed by atoms with Crippen LogP contribution in [0, 0.1) is 43.4 Å². The van der Waals surface area contributed by atoms with Crippen LogP contribution >= 0.6 is 0 Å². The van der Waals surface area contributed by atoms with Crippen molar-refractivity contribution in [1.29, 1.82) is 1.43 Å². The minimum absolute atomic E-state index is 0. The maximum absolute atomic E-state index is 13.9. The summed E-state index contributed by atoms with van der Waals surface area (Å²) in [4.78, 5) is 16.2. The van der Waals surface area contributed by atoms with E-state index in [1.54, 1.807) is 6.92 Å². The molecule has 0 amide bonds. The van der Waals surface area contributed by atoms with Gasteiger partial charge >= 0.3 is 5.97 Å². The molecule has 6 atom stereocenters. The van der Waals surface area contributed by atoms with Gasteiger partial charge in [-0.15, -0.1) is 0 Å². The Labute approximate surface area is 469 Å². The summed E-state index contributed by atoms with van der Waals surface area (Å²) in [5.41, 5.74) is 1.42. The Bertz CT molecular complexity index is 1060. The molecule has 1 aliphatic carbocycles. The second kappa shape index (κ2) is 11.3. The van der Waals surface area contributed by atoms with Crippen molar-refractivity contribution >= 4 is 5.97 Å². The summed E-state index contributed by atoms with van der Waals surface area (Å²) in [6.45, 7) is 21.9. The van der Waals surface area contributed by atoms with Crippen molar-refractivity contribution in [3.05, 3.63) is 34.9 Å². The van der Waals surface area contributed by atoms with Crippen molar-refractivity contribution in [3.63, 3.8) is 0 Å². The molecule has 540 valence electrons. The number of benzene rings is 1. The van der Waals surface area contributed by atoms with Gasteiger partial charge in [-0.1, -0.05) is 63.7 Å². The number of rotatable bonds is 7. The number of hydrogen-bond acceptors (Lipinski definition) is 4. The molecule has 1 aromatic rings. The maximum atomic E-state index is 13.9. The van der Waals surface area contributed by atoms with Crippen LogP contribution < -0.4 is 0 Å². The predicted molar refractivity (Wildman–Crippen MR) is 510 cm³/mol. The maximum Gasteiger partial charge on any atom is 0.344 e. The van der Waals surface area contributed by atoms with Crippen molar-refractivity contribution in [3.8, 4) is 11.8 Å². The number of nitrogens with zero attached hydrogens (tertiary/aromatic N) is 1. The van der Waals surface area contributed by atoms with E-state index in [1.807, 2.05) is 32.0 Å². The lowest BCUT2D eigenvalue weighted by Crippen LogP contribution is -2.49. The first kappa shape index (κ1) is 26.8. The normalized spacial score (nSPS) is 24.9. The van der Waals surface area contributed by atoms with E-state index in [0.29, 0.717) is 11.5 Å². The van der Waals surface area contributed by atoms with Gasteiger partial charge in [0.15, 0.2) is 11.7 Å². The molecule has 4 heteroatoms. The highest BCUT2D eigenvalue weighted by Crippen LogP contribution is 2.46. The largest absolute Gasteiger partial charge is 0.447 e. The van der Waals surface area contributed by atoms with Gasteiger partial charge in [0.25, 0.3) is 0 Å². The van der Waals surface area contributed by atoms with E-state index in [-0.39, 0.29) is 273 Å². The second-order valence-electron chi connectivity index (χ2n) is 11.4. The van der Waals surface area contributed by atoms with Crippen LogP contribution in [0.3, 0.4) is 0 Å². The summed E-state index contributed by atoms with van der Waals surface area (Å²) in [5.74, 6) is 6.42. The fourth-order valence-corrected chi connectivity index (χ4v) is 5.53. The van der Waals surface area contributed by atoms with Gasteiger partial charge in [0, 0.05) is 261 Å². The highest BCUT2D eigenvalue weighted by atomic mass is 16.6. The molecular formula is C30H397NO3. The van der Waals surface area contributed by atoms with E-state index in [9.17, 15) is 4.79 Å². The summed E-state index contributed by atoms with van der Waals surface area (Å²) >= 11 is 0. The van der Waals surface area contributed by atoms with Crippen LogP contribution in [0.4, 0.5) is 0 Å². The molecule has 2 rings (SSSR count). The van der Waals surface area contributed by atoms with Gasteiger partial charge in [0.2, 0.25) is 1.43 Å². The molecule has 0 saturated heterocycles. The predicted octanol–water partition coefficient (Wildman–Crippen LogP) is 49.1. The molecule has 0 radical (unpaired) electrons. The Balaban J connectivity index is -0.000000000431. The summed E-state index contributed by atoms with van der Waals surface area (Å²) in [5, 5.41) is 5.48. The van der Waals surface area contributed by atoms with Gasteiger partial charge < -0.3 is 9.85 Å². The van der Waals surface area contributed by atoms with E-state index in [0.717, 1.165) is 36.9 Å². The molecule has 6 unspecified atom stereocenters. The van der Waals surface area contributed by atoms with Crippen LogP contribution in [0.15, 0.2) is 18.2 Å². The highest BCUT2D eigenvalue weighted by molar-refractivity contribution is 5.82. The van der Waals surface area contributed by atoms with Crippen molar-refractivity contribution in [2.45, 2.75) is 112 Å². The molecule has 1 aliphatic rings. The first-order chi connectivity index (χ1) is 16.3. The Hall–Kier alpha value is -1.83. The minimum atomic E-state index is -1.48. The zero-order valence-corrected chi connectivity index (χ0v) is 23.1. The highest BCUT2D eigenvalue weighted by Gasteiger charge is 2.51. The van der Waals surface area contributed by atoms with Gasteiger partial charge in [-0.2, -0.15) is 0 Å². The topological polar surface area (TPSA) is 49.8 Å². The summed E-state index contributed by atoms with van der Waals surface area (Å²) in [7, 11) is 0. The molecule has 1 fully saturated rings. The lowest BCUT2D eigenvalue weighted by molar-refractivity contribution is -0.182. The quantitative estimate of drug-likeness (QED) is 0.220. The van der Waals surface area contributed by atoms with E-state index in [2.05, 4.69) is 65.2 Å². The smallest absolute Gasteiger partial charge is 0.344 e. The molecule has 0 aromatic heterocycles. The molecule has 1 aromatic carbocycles. The van der Waals surface area contributed by atoms with Crippen LogP contribution in [0.2, 0.25) is 0 Å². The third-order valence-electron chi connectivity index (χ3n) is 7.92. The zero-order chi connectivity index (χ0) is 26.6. The minimum Gasteiger partial charge on any atom is -0.447 e. The number of esters is 1. The van der Waals surface area contributed by atoms with Crippen molar-refractivity contribution in [1.82, 2.24) is 4.90 Å². The average Bonchev–Trinajstić information content (AvgIpc) is 2.77. The molecule has 1 N–H and O–H groups in total. The SMILES string of the molecule is [2H]OC(C(=O)OC(C)C#CC(C)N(CC)C(C)(C)C)(c1ccc(C)c(C)c1)C1CCCC(C)C1C.[HH].[HH].[HH].[HH].[HH].[HH].[HH].[HH].[HH].[HH].[HH].[HH].[HH].[HH].[HH].[HH].[HH].[HH].[HH].[HH].[HH].[HH].[HH].[HH].[HH].[HH].[HH].[HH].[HH].[HH].[HH].[HH].[HH].[HH].[HH].[HH].[HH].[HH].[HH].[HH].[HH].[HH].[HH].[HH].[HH].[HH].[HH].[HH].[HH].[HH].[HH].[HH].[HH].[HH].[HH].[HH].[HH].[HH].[HH].[HH].[HH].[HH].[HH].[HH].[HH].[HH].[HH].[HH].[HH].[HH].[HH].[HH].[HH].[HH].[HH].[HH].[HH].[HH].[HH].[HH].[HH].[HH].[HH].[HH].[HH].[HH].[HH].[HH].[HH].[HH].[HH].[HH].[HH].[HH].[HH].[HH].[HH].[HH].[HH].[HH].[HH].[HH].[HH].[HH].[HH].[HH].[HH].[HH].[HH].[HH].[HH].[HH].[HH].[HH].[HH].[HH].[HH].[HH].[HH].[HH].[HH].[HH].[HH].[HH].[HH].[HH].[HH].[HH].[HH].[HH].[HH].[HH].[HH].[HH].[HH].[HH].[HH].[HH].[HH].[HH].[HH].[HH].[HH].[HH].[HH].[HH].[HH].[HH].[HH].[HH].[HH].[HH].[HH].[HH].[HH].[HH].[HH].[HH].[HH].[HH].[HH].[HH].[HH].[HH].[HH].[HH].[HH].[HH].[HH].[HH].[HH].[HH].[HH].[HH].[HH]. The number of aryl methyl sites for hydroxylation is 2. The molecule has 0 spiro atoms. The van der Waals surface area contributed by atoms with E-state index < -0.39 is 17.7 Å². The molecular weight excluding hydrogens is 422 g/mol. The van der Waals surface area contributed by atoms with Gasteiger partial charge in [0.1, 0.15) is 0 Å². The van der Waals surface area contributed by atoms with Crippen molar-refractivity contribution < 1.29 is 264 Å². The molecule has 4 nitrogen and oxygen atoms in total. The summed E-state index contributed by atoms with van der Waals surface area (Å²) < 4.78 is 14.2. The third-order valence-corrected chi connectivity index (χ3v) is 7.92. The van der Waals surface area contributed by atoms with Crippen molar-refractivity contribution in [2.24, 2.45) is 17.8 Å². The molecule has 0 heterocycles. The van der Waals surface area contributed by atoms with Gasteiger partial charge in [-0.3, -0.25) is 4.90 Å². The van der Waals surface area contributed by atoms with Crippen LogP contribution in [0.5, 0.6) is 0 Å². The molecule has 0 bridgehead atoms. The van der Waals surface area contributed by atoms with E-state index in [1.165, 1.54) is 0 Å². The monoisotopic (exact) mass is 823 g/mol. The number of carbonyl (C=O) groups excluding carboxylic acids is 1. The Morgan fingerprint density at radius 3 is 2.47 bits per heavy atom. The molecule has 1 saturated carbocycles. The van der Waals surface area contributed by atoms with Gasteiger partial charge in [-0.25, -0.2) is 4.79 Å². The first-order valence-corrected chi connectivity index (χ1v) is 13.0. The van der Waals surface area contributed by atoms with Gasteiger partial charge in [-0.05, 0) is 90.0 Å². The lowest BCUT2D eigenvalue weighted by Gasteiger charge is -2.43. The standard InChI is InChI=1S/C30H47NO3.175H2/c1-11-31(29(8,9)10)23(5)16-17-24(6)34-28(32)30(33,26-18-15-20(2)22(4)19-26)27-14-12-13-21(3)25(27)7;;;;;;;;;;;;;;;;;;;;;;;;;;;;;;;;;;;;;;;;;;;;;;;;;;;;;;;;;;;;;;;;;;;;;;;;;;;;;;;;;;;;;;;;;;;;;;;;;;;;;;;;;;;;;;;;;;;;;;;;;;;;;;;;;;;;;;;;;;;;;;;;;;;;;;;;;;;;;;;;;;;;;;;;;;;;;;;/h15,18-19,21,23-25,27,33H,11-14H2,1-10H3;175*1H/i33D;;;;;;;;;;;;;;;;;;;;;;;;;;;;;;;;;;;;;;;;;;;;;;;;;;;;;;;;;;;;;;;;;;;;;;;;;;;;;;;;;;;;;;;;;;;;;;;;;;;;;;;;;;;;;;;;;;;;;;;;;;;;;;;;;;;;;;;;;;;;;;;;;;;;;;;;;;;;;;;;;;;;;;;;;;;;;;;. The Morgan fingerprint density at radius 1 is 1.24 bits per heavy atom. The number of hydrogen-bond donors (Lipinski definition) is 1. The average molecular weight is 824 g/mol. The van der Waals surface area contributed by atoms with Crippen LogP contribution in [-0.2, 0) is 15.1 Å². The number of ether oxygens (including phenoxy) is 1. The lowest BCUT2D eigenvalue weighted by atomic mass is 9.64. The second-order valence-corrected chi connectivity index (χ2v) is 11.4. The van der Waals surface area contributed by atoms with Crippen LogP contribution in [0.1, 0.15) is 341 Å². The Kier molecular flexibility index (Phi) is 8.87. The Morgan fingerprint density at radius 2 is 1.91 bits per heavy atom. The summed E-state index contributed by atoms with van der Waals surface area (Å²) in [6, 6.07) is 5.93. The van der Waals surface area contributed by atoms with Crippen LogP contribution in [-0.4, -0.2) is 41.6 Å². The number of aliphatic hydroxyl groups is 1. The zero-order valence-electron chi connectivity index (χ0n) is 24.1. The van der Waals surface area contributed by atoms with E-state index in [4.69, 9.17) is 11.3 Å². The van der Waals surface area contributed by atoms with Crippen LogP contribution in [0.25, 0.3) is 0 Å². The third kappa shape index (κ3) is 6.23.